The quantitative estimate of drug-likeness (QED) is 0.515. The Kier molecular flexibility index (Phi) is 9.30. The summed E-state index contributed by atoms with van der Waals surface area (Å²) in [5, 5.41) is 9.91. The van der Waals surface area contributed by atoms with Crippen LogP contribution in [0.2, 0.25) is 0 Å². The molecule has 3 aromatic rings. The molecular weight excluding hydrogens is 480 g/mol. The number of morpholine rings is 1. The highest BCUT2D eigenvalue weighted by Gasteiger charge is 2.11. The average Bonchev–Trinajstić information content (AvgIpc) is 2.83. The number of benzene rings is 2. The van der Waals surface area contributed by atoms with Crippen LogP contribution in [0.15, 0.2) is 59.4 Å². The van der Waals surface area contributed by atoms with Crippen LogP contribution in [-0.4, -0.2) is 60.1 Å². The lowest BCUT2D eigenvalue weighted by Gasteiger charge is -2.26. The fourth-order valence-electron chi connectivity index (χ4n) is 3.62. The number of hydrogen-bond acceptors (Lipinski definition) is 5. The van der Waals surface area contributed by atoms with Gasteiger partial charge in [-0.1, -0.05) is 12.1 Å². The molecule has 4 rings (SSSR count). The van der Waals surface area contributed by atoms with Crippen LogP contribution in [-0.2, 0) is 11.3 Å². The molecule has 0 saturated carbocycles. The van der Waals surface area contributed by atoms with Crippen LogP contribution in [0.3, 0.4) is 0 Å². The van der Waals surface area contributed by atoms with Gasteiger partial charge in [-0.3, -0.25) is 9.69 Å². The van der Waals surface area contributed by atoms with Crippen molar-refractivity contribution >= 4 is 24.1 Å². The number of aromatic nitrogens is 2. The largest absolute Gasteiger partial charge is 0.379 e. The Balaban J connectivity index is 0.00000342. The highest BCUT2D eigenvalue weighted by molar-refractivity contribution is 5.89. The first-order valence-corrected chi connectivity index (χ1v) is 11.0. The molecule has 8 nitrogen and oxygen atoms in total. The zero-order valence-corrected chi connectivity index (χ0v) is 19.7. The van der Waals surface area contributed by atoms with Crippen molar-refractivity contribution < 1.29 is 18.3 Å². The summed E-state index contributed by atoms with van der Waals surface area (Å²) in [4.78, 5) is 26.8. The fourth-order valence-corrected chi connectivity index (χ4v) is 3.62. The van der Waals surface area contributed by atoms with Crippen molar-refractivity contribution in [3.8, 4) is 11.3 Å². The van der Waals surface area contributed by atoms with Gasteiger partial charge >= 0.3 is 6.03 Å². The van der Waals surface area contributed by atoms with Gasteiger partial charge in [0.25, 0.3) is 5.56 Å². The number of hydrogen-bond donors (Lipinski definition) is 2. The van der Waals surface area contributed by atoms with E-state index < -0.39 is 11.6 Å². The van der Waals surface area contributed by atoms with Crippen molar-refractivity contribution in [3.05, 3.63) is 82.1 Å². The SMILES string of the molecule is Cl.O=C(NCCN1CCOCC1)Nc1cccc(Cn2nc(-c3ccc(F)c(F)c3)ccc2=O)c1. The highest BCUT2D eigenvalue weighted by atomic mass is 35.5. The van der Waals surface area contributed by atoms with E-state index in [1.165, 1.54) is 22.9 Å². The van der Waals surface area contributed by atoms with Crippen LogP contribution in [0.5, 0.6) is 0 Å². The van der Waals surface area contributed by atoms with Gasteiger partial charge in [0.1, 0.15) is 0 Å². The Labute approximate surface area is 207 Å². The van der Waals surface area contributed by atoms with Crippen molar-refractivity contribution in [1.82, 2.24) is 20.0 Å². The number of rotatable bonds is 7. The van der Waals surface area contributed by atoms with E-state index in [1.54, 1.807) is 24.3 Å². The molecule has 186 valence electrons. The molecule has 0 atom stereocenters. The third-order valence-corrected chi connectivity index (χ3v) is 5.42. The molecule has 0 radical (unpaired) electrons. The standard InChI is InChI=1S/C24H25F2N5O3.ClH/c25-20-5-4-18(15-21(20)26)22-6-7-23(32)31(29-22)16-17-2-1-3-19(14-17)28-24(33)27-8-9-30-10-12-34-13-11-30;/h1-7,14-15H,8-13,16H2,(H2,27,28,33);1H. The van der Waals surface area contributed by atoms with Gasteiger partial charge in [-0.05, 0) is 42.0 Å². The number of carbonyl (C=O) groups excluding carboxylic acids is 1. The van der Waals surface area contributed by atoms with Gasteiger partial charge in [0.15, 0.2) is 11.6 Å². The molecule has 0 unspecified atom stereocenters. The minimum atomic E-state index is -0.987. The van der Waals surface area contributed by atoms with Gasteiger partial charge in [0, 0.05) is 43.5 Å². The molecule has 35 heavy (non-hydrogen) atoms. The van der Waals surface area contributed by atoms with E-state index in [1.807, 2.05) is 0 Å². The van der Waals surface area contributed by atoms with Crippen LogP contribution < -0.4 is 16.2 Å². The van der Waals surface area contributed by atoms with Crippen LogP contribution in [0.4, 0.5) is 19.3 Å². The van der Waals surface area contributed by atoms with Crippen molar-refractivity contribution in [3.63, 3.8) is 0 Å². The number of halogens is 3. The van der Waals surface area contributed by atoms with E-state index in [0.29, 0.717) is 36.7 Å². The molecular formula is C24H26ClF2N5O3. The fraction of sp³-hybridized carbons (Fsp3) is 0.292. The lowest BCUT2D eigenvalue weighted by molar-refractivity contribution is 0.0388. The number of anilines is 1. The maximum Gasteiger partial charge on any atom is 0.319 e. The summed E-state index contributed by atoms with van der Waals surface area (Å²) in [6, 6.07) is 13.0. The van der Waals surface area contributed by atoms with E-state index >= 15 is 0 Å². The van der Waals surface area contributed by atoms with Crippen LogP contribution in [0.1, 0.15) is 5.56 Å². The molecule has 2 heterocycles. The van der Waals surface area contributed by atoms with Gasteiger partial charge in [0.05, 0.1) is 25.5 Å². The third-order valence-electron chi connectivity index (χ3n) is 5.42. The highest BCUT2D eigenvalue weighted by Crippen LogP contribution is 2.19. The summed E-state index contributed by atoms with van der Waals surface area (Å²) >= 11 is 0. The van der Waals surface area contributed by atoms with Crippen LogP contribution >= 0.6 is 12.4 Å². The molecule has 1 aromatic heterocycles. The Morgan fingerprint density at radius 2 is 1.83 bits per heavy atom. The second kappa shape index (κ2) is 12.4. The van der Waals surface area contributed by atoms with Crippen molar-refractivity contribution in [2.45, 2.75) is 6.54 Å². The molecule has 11 heteroatoms. The van der Waals surface area contributed by atoms with Crippen molar-refractivity contribution in [2.24, 2.45) is 0 Å². The van der Waals surface area contributed by atoms with Gasteiger partial charge < -0.3 is 15.4 Å². The predicted molar refractivity (Wildman–Crippen MR) is 131 cm³/mol. The minimum absolute atomic E-state index is 0. The second-order valence-electron chi connectivity index (χ2n) is 7.88. The summed E-state index contributed by atoms with van der Waals surface area (Å²) in [6.45, 7) is 4.54. The van der Waals surface area contributed by atoms with E-state index in [4.69, 9.17) is 4.74 Å². The third kappa shape index (κ3) is 7.32. The Hall–Kier alpha value is -3.34. The van der Waals surface area contributed by atoms with Crippen molar-refractivity contribution in [1.29, 1.82) is 0 Å². The van der Waals surface area contributed by atoms with E-state index in [2.05, 4.69) is 20.6 Å². The average molecular weight is 506 g/mol. The molecule has 0 bridgehead atoms. The van der Waals surface area contributed by atoms with Crippen molar-refractivity contribution in [2.75, 3.05) is 44.7 Å². The van der Waals surface area contributed by atoms with Crippen LogP contribution in [0.25, 0.3) is 11.3 Å². The number of urea groups is 1. The molecule has 1 saturated heterocycles. The number of carbonyl (C=O) groups is 1. The van der Waals surface area contributed by atoms with Gasteiger partial charge in [0.2, 0.25) is 0 Å². The molecule has 1 aliphatic rings. The summed E-state index contributed by atoms with van der Waals surface area (Å²) < 4.78 is 33.4. The first-order valence-electron chi connectivity index (χ1n) is 11.0. The lowest BCUT2D eigenvalue weighted by atomic mass is 10.1. The second-order valence-corrected chi connectivity index (χ2v) is 7.88. The Bertz CT molecular complexity index is 1220. The molecule has 0 spiro atoms. The Morgan fingerprint density at radius 3 is 2.60 bits per heavy atom. The number of ether oxygens (including phenoxy) is 1. The summed E-state index contributed by atoms with van der Waals surface area (Å²) in [7, 11) is 0. The molecule has 2 N–H and O–H groups in total. The normalized spacial score (nSPS) is 13.7. The number of nitrogens with one attached hydrogen (secondary N) is 2. The first kappa shape index (κ1) is 26.3. The summed E-state index contributed by atoms with van der Waals surface area (Å²) in [5.41, 5.74) is 1.67. The molecule has 2 amide bonds. The zero-order chi connectivity index (χ0) is 23.9. The maximum absolute atomic E-state index is 13.6. The van der Waals surface area contributed by atoms with E-state index in [9.17, 15) is 18.4 Å². The molecule has 1 fully saturated rings. The monoisotopic (exact) mass is 505 g/mol. The van der Waals surface area contributed by atoms with E-state index in [0.717, 1.165) is 37.3 Å². The number of amides is 2. The lowest BCUT2D eigenvalue weighted by Crippen LogP contribution is -2.42. The smallest absolute Gasteiger partial charge is 0.319 e. The first-order chi connectivity index (χ1) is 16.5. The van der Waals surface area contributed by atoms with Crippen LogP contribution in [0, 0.1) is 11.6 Å². The molecule has 1 aliphatic heterocycles. The van der Waals surface area contributed by atoms with Gasteiger partial charge in [-0.25, -0.2) is 18.3 Å². The molecule has 2 aromatic carbocycles. The topological polar surface area (TPSA) is 88.5 Å². The van der Waals surface area contributed by atoms with Gasteiger partial charge in [-0.15, -0.1) is 12.4 Å². The Morgan fingerprint density at radius 1 is 1.03 bits per heavy atom. The van der Waals surface area contributed by atoms with Gasteiger partial charge in [-0.2, -0.15) is 5.10 Å². The predicted octanol–water partition coefficient (Wildman–Crippen LogP) is 3.11. The maximum atomic E-state index is 13.6. The van der Waals surface area contributed by atoms with E-state index in [-0.39, 0.29) is 30.5 Å². The minimum Gasteiger partial charge on any atom is -0.379 e. The number of nitrogens with zero attached hydrogens (tertiary/aromatic N) is 3. The zero-order valence-electron chi connectivity index (χ0n) is 18.9. The summed E-state index contributed by atoms with van der Waals surface area (Å²) in [5.74, 6) is -1.94. The summed E-state index contributed by atoms with van der Waals surface area (Å²) in [6.07, 6.45) is 0. The molecule has 0 aliphatic carbocycles.